The monoisotopic (exact) mass is 212 g/mol. The van der Waals surface area contributed by atoms with E-state index in [0.29, 0.717) is 5.56 Å². The van der Waals surface area contributed by atoms with E-state index in [1.54, 1.807) is 6.92 Å². The van der Waals surface area contributed by atoms with Gasteiger partial charge in [0.15, 0.2) is 5.92 Å². The number of hydrogen-bond donors (Lipinski definition) is 2. The average molecular weight is 212 g/mol. The molecule has 0 aliphatic carbocycles. The molecule has 1 rings (SSSR count). The maximum absolute atomic E-state index is 13.3. The van der Waals surface area contributed by atoms with Gasteiger partial charge < -0.3 is 10.2 Å². The largest absolute Gasteiger partial charge is 0.480 e. The number of aryl methyl sites for hydroxylation is 1. The lowest BCUT2D eigenvalue weighted by Crippen LogP contribution is -2.22. The van der Waals surface area contributed by atoms with Crippen LogP contribution in [-0.4, -0.2) is 22.2 Å². The second-order valence-electron chi connectivity index (χ2n) is 3.13. The van der Waals surface area contributed by atoms with Crippen LogP contribution in [0.1, 0.15) is 17.0 Å². The summed E-state index contributed by atoms with van der Waals surface area (Å²) in [7, 11) is 0. The minimum atomic E-state index is -1.86. The molecule has 15 heavy (non-hydrogen) atoms. The number of carboxylic acid groups (broad SMARTS) is 2. The van der Waals surface area contributed by atoms with Crippen molar-refractivity contribution >= 4 is 11.9 Å². The Hall–Kier alpha value is -1.91. The lowest BCUT2D eigenvalue weighted by molar-refractivity contribution is -0.150. The topological polar surface area (TPSA) is 74.6 Å². The Morgan fingerprint density at radius 3 is 2.20 bits per heavy atom. The van der Waals surface area contributed by atoms with Crippen molar-refractivity contribution in [2.75, 3.05) is 0 Å². The van der Waals surface area contributed by atoms with E-state index < -0.39 is 23.7 Å². The molecule has 0 fully saturated rings. The molecule has 0 bridgehead atoms. The van der Waals surface area contributed by atoms with Gasteiger partial charge in [-0.25, -0.2) is 4.39 Å². The molecule has 0 saturated carbocycles. The van der Waals surface area contributed by atoms with Gasteiger partial charge in [-0.2, -0.15) is 0 Å². The van der Waals surface area contributed by atoms with E-state index in [1.165, 1.54) is 12.1 Å². The molecule has 4 nitrogen and oxygen atoms in total. The van der Waals surface area contributed by atoms with E-state index in [9.17, 15) is 14.0 Å². The molecule has 2 N–H and O–H groups in total. The van der Waals surface area contributed by atoms with Crippen molar-refractivity contribution in [1.29, 1.82) is 0 Å². The number of carbonyl (C=O) groups is 2. The second kappa shape index (κ2) is 4.08. The van der Waals surface area contributed by atoms with E-state index in [-0.39, 0.29) is 5.56 Å². The highest BCUT2D eigenvalue weighted by Gasteiger charge is 2.30. The van der Waals surface area contributed by atoms with E-state index in [0.717, 1.165) is 6.07 Å². The van der Waals surface area contributed by atoms with Gasteiger partial charge in [-0.15, -0.1) is 0 Å². The van der Waals surface area contributed by atoms with Crippen LogP contribution in [0.25, 0.3) is 0 Å². The zero-order valence-corrected chi connectivity index (χ0v) is 7.90. The number of hydrogen-bond acceptors (Lipinski definition) is 2. The number of benzene rings is 1. The highest BCUT2D eigenvalue weighted by atomic mass is 19.1. The van der Waals surface area contributed by atoms with Crippen LogP contribution in [0.2, 0.25) is 0 Å². The number of carboxylic acids is 2. The van der Waals surface area contributed by atoms with Crippen molar-refractivity contribution in [2.24, 2.45) is 0 Å². The maximum Gasteiger partial charge on any atom is 0.322 e. The fraction of sp³-hybridized carbons (Fsp3) is 0.200. The van der Waals surface area contributed by atoms with E-state index in [1.807, 2.05) is 0 Å². The van der Waals surface area contributed by atoms with Gasteiger partial charge in [0.05, 0.1) is 0 Å². The van der Waals surface area contributed by atoms with Gasteiger partial charge in [-0.3, -0.25) is 9.59 Å². The van der Waals surface area contributed by atoms with Gasteiger partial charge in [0, 0.05) is 5.56 Å². The zero-order chi connectivity index (χ0) is 11.6. The predicted octanol–water partition coefficient (Wildman–Crippen LogP) is 1.39. The summed E-state index contributed by atoms with van der Waals surface area (Å²) in [4.78, 5) is 21.3. The lowest BCUT2D eigenvalue weighted by Gasteiger charge is -2.09. The van der Waals surface area contributed by atoms with Crippen LogP contribution in [-0.2, 0) is 9.59 Å². The summed E-state index contributed by atoms with van der Waals surface area (Å²) in [6.45, 7) is 1.63. The molecule has 0 atom stereocenters. The van der Waals surface area contributed by atoms with Crippen molar-refractivity contribution in [1.82, 2.24) is 0 Å². The SMILES string of the molecule is Cc1ccc(C(C(=O)O)C(=O)O)c(F)c1. The summed E-state index contributed by atoms with van der Waals surface area (Å²) in [5.74, 6) is -5.83. The number of rotatable bonds is 3. The van der Waals surface area contributed by atoms with Crippen molar-refractivity contribution in [2.45, 2.75) is 12.8 Å². The van der Waals surface area contributed by atoms with Crippen LogP contribution >= 0.6 is 0 Å². The Morgan fingerprint density at radius 2 is 1.80 bits per heavy atom. The molecular formula is C10H9FO4. The number of aliphatic carboxylic acids is 2. The van der Waals surface area contributed by atoms with Gasteiger partial charge in [0.1, 0.15) is 5.82 Å². The Bertz CT molecular complexity index is 400. The number of halogens is 1. The third-order valence-corrected chi connectivity index (χ3v) is 1.96. The van der Waals surface area contributed by atoms with E-state index in [4.69, 9.17) is 10.2 Å². The fourth-order valence-corrected chi connectivity index (χ4v) is 1.24. The average Bonchev–Trinajstić information content (AvgIpc) is 2.08. The van der Waals surface area contributed by atoms with Crippen molar-refractivity contribution < 1.29 is 24.2 Å². The smallest absolute Gasteiger partial charge is 0.322 e. The molecule has 5 heteroatoms. The van der Waals surface area contributed by atoms with Crippen LogP contribution in [0, 0.1) is 12.7 Å². The van der Waals surface area contributed by atoms with Crippen LogP contribution in [0.5, 0.6) is 0 Å². The van der Waals surface area contributed by atoms with Crippen LogP contribution in [0.15, 0.2) is 18.2 Å². The minimum Gasteiger partial charge on any atom is -0.480 e. The Kier molecular flexibility index (Phi) is 3.04. The van der Waals surface area contributed by atoms with E-state index in [2.05, 4.69) is 0 Å². The zero-order valence-electron chi connectivity index (χ0n) is 7.90. The predicted molar refractivity (Wildman–Crippen MR) is 49.1 cm³/mol. The van der Waals surface area contributed by atoms with Crippen LogP contribution in [0.4, 0.5) is 4.39 Å². The first-order valence-corrected chi connectivity index (χ1v) is 4.15. The van der Waals surface area contributed by atoms with Gasteiger partial charge in [0.25, 0.3) is 0 Å². The highest BCUT2D eigenvalue weighted by molar-refractivity contribution is 5.99. The van der Waals surface area contributed by atoms with Gasteiger partial charge in [-0.1, -0.05) is 12.1 Å². The lowest BCUT2D eigenvalue weighted by atomic mass is 9.98. The highest BCUT2D eigenvalue weighted by Crippen LogP contribution is 2.21. The summed E-state index contributed by atoms with van der Waals surface area (Å²) in [5.41, 5.74) is 0.270. The third-order valence-electron chi connectivity index (χ3n) is 1.96. The van der Waals surface area contributed by atoms with Crippen molar-refractivity contribution in [3.63, 3.8) is 0 Å². The summed E-state index contributed by atoms with van der Waals surface area (Å²) >= 11 is 0. The molecule has 0 aliphatic heterocycles. The molecular weight excluding hydrogens is 203 g/mol. The standard InChI is InChI=1S/C10H9FO4/c1-5-2-3-6(7(11)4-5)8(9(12)13)10(14)15/h2-4,8H,1H3,(H,12,13)(H,14,15). The molecule has 0 saturated heterocycles. The van der Waals surface area contributed by atoms with Gasteiger partial charge in [-0.05, 0) is 18.6 Å². The first-order valence-electron chi connectivity index (χ1n) is 4.15. The summed E-state index contributed by atoms with van der Waals surface area (Å²) in [6.07, 6.45) is 0. The normalized spacial score (nSPS) is 10.3. The minimum absolute atomic E-state index is 0.333. The van der Waals surface area contributed by atoms with Crippen LogP contribution in [0.3, 0.4) is 0 Å². The van der Waals surface area contributed by atoms with Crippen molar-refractivity contribution in [3.8, 4) is 0 Å². The Balaban J connectivity index is 3.23. The van der Waals surface area contributed by atoms with E-state index >= 15 is 0 Å². The molecule has 0 heterocycles. The molecule has 0 spiro atoms. The summed E-state index contributed by atoms with van der Waals surface area (Å²) in [6, 6.07) is 3.75. The van der Waals surface area contributed by atoms with Gasteiger partial charge >= 0.3 is 11.9 Å². The molecule has 0 unspecified atom stereocenters. The fourth-order valence-electron chi connectivity index (χ4n) is 1.24. The molecule has 1 aromatic carbocycles. The van der Waals surface area contributed by atoms with Gasteiger partial charge in [0.2, 0.25) is 0 Å². The molecule has 1 aromatic rings. The second-order valence-corrected chi connectivity index (χ2v) is 3.13. The third kappa shape index (κ3) is 2.31. The molecule has 80 valence electrons. The maximum atomic E-state index is 13.3. The summed E-state index contributed by atoms with van der Waals surface area (Å²) in [5, 5.41) is 17.3. The Labute approximate surface area is 85.0 Å². The molecule has 0 amide bonds. The quantitative estimate of drug-likeness (QED) is 0.742. The molecule has 0 aliphatic rings. The molecule has 0 radical (unpaired) electrons. The Morgan fingerprint density at radius 1 is 1.27 bits per heavy atom. The summed E-state index contributed by atoms with van der Waals surface area (Å²) < 4.78 is 13.3. The van der Waals surface area contributed by atoms with Crippen LogP contribution < -0.4 is 0 Å². The van der Waals surface area contributed by atoms with Crippen molar-refractivity contribution in [3.05, 3.63) is 35.1 Å². The molecule has 0 aromatic heterocycles. The first kappa shape index (κ1) is 11.2. The first-order chi connectivity index (χ1) is 6.93.